The highest BCUT2D eigenvalue weighted by molar-refractivity contribution is 5.98. The van der Waals surface area contributed by atoms with Crippen molar-refractivity contribution in [2.24, 2.45) is 0 Å². The molecule has 1 heterocycles. The van der Waals surface area contributed by atoms with E-state index in [0.29, 0.717) is 13.1 Å². The second-order valence-electron chi connectivity index (χ2n) is 3.60. The van der Waals surface area contributed by atoms with Crippen LogP contribution >= 0.6 is 0 Å². The van der Waals surface area contributed by atoms with Gasteiger partial charge < -0.3 is 19.7 Å². The van der Waals surface area contributed by atoms with Crippen molar-refractivity contribution in [1.82, 2.24) is 20.2 Å². The second-order valence-corrected chi connectivity index (χ2v) is 3.60. The zero-order chi connectivity index (χ0) is 13.5. The number of carbonyl (C=O) groups excluding carboxylic acids is 1. The van der Waals surface area contributed by atoms with Crippen LogP contribution in [0.3, 0.4) is 0 Å². The minimum atomic E-state index is -0.237. The Morgan fingerprint density at radius 3 is 2.33 bits per heavy atom. The quantitative estimate of drug-likeness (QED) is 0.756. The first kappa shape index (κ1) is 14.2. The fourth-order valence-electron chi connectivity index (χ4n) is 1.42. The normalized spacial score (nSPS) is 10.0. The molecule has 0 aromatic carbocycles. The minimum absolute atomic E-state index is 0.211. The van der Waals surface area contributed by atoms with E-state index in [1.807, 2.05) is 7.05 Å². The molecule has 0 fully saturated rings. The minimum Gasteiger partial charge on any atom is -0.480 e. The standard InChI is InChI=1S/C11H18N4O3/c1-12-5-6-15(2)11(16)8-9(17-3)13-7-14-10(8)18-4/h7,12H,5-6H2,1-4H3. The zero-order valence-electron chi connectivity index (χ0n) is 11.1. The van der Waals surface area contributed by atoms with Crippen LogP contribution in [0.5, 0.6) is 11.8 Å². The summed E-state index contributed by atoms with van der Waals surface area (Å²) < 4.78 is 10.1. The van der Waals surface area contributed by atoms with Gasteiger partial charge in [-0.3, -0.25) is 4.79 Å². The van der Waals surface area contributed by atoms with Gasteiger partial charge >= 0.3 is 0 Å². The number of likely N-dealkylation sites (N-methyl/N-ethyl adjacent to an activating group) is 2. The van der Waals surface area contributed by atoms with Crippen molar-refractivity contribution in [2.75, 3.05) is 41.4 Å². The van der Waals surface area contributed by atoms with Crippen molar-refractivity contribution in [1.29, 1.82) is 0 Å². The molecule has 1 amide bonds. The molecule has 0 atom stereocenters. The summed E-state index contributed by atoms with van der Waals surface area (Å²) in [6.07, 6.45) is 1.29. The van der Waals surface area contributed by atoms with Gasteiger partial charge in [0.2, 0.25) is 11.8 Å². The molecular formula is C11H18N4O3. The molecule has 0 unspecified atom stereocenters. The Labute approximate surface area is 106 Å². The lowest BCUT2D eigenvalue weighted by molar-refractivity contribution is 0.0788. The van der Waals surface area contributed by atoms with Crippen LogP contribution in [0.1, 0.15) is 10.4 Å². The van der Waals surface area contributed by atoms with E-state index in [-0.39, 0.29) is 23.2 Å². The third kappa shape index (κ3) is 3.07. The first-order valence-electron chi connectivity index (χ1n) is 5.48. The lowest BCUT2D eigenvalue weighted by Crippen LogP contribution is -2.33. The highest BCUT2D eigenvalue weighted by atomic mass is 16.5. The third-order valence-corrected chi connectivity index (χ3v) is 2.42. The lowest BCUT2D eigenvalue weighted by atomic mass is 10.2. The van der Waals surface area contributed by atoms with Crippen molar-refractivity contribution in [3.63, 3.8) is 0 Å². The van der Waals surface area contributed by atoms with E-state index in [1.54, 1.807) is 11.9 Å². The smallest absolute Gasteiger partial charge is 0.264 e. The van der Waals surface area contributed by atoms with Gasteiger partial charge in [0.15, 0.2) is 5.56 Å². The molecule has 7 nitrogen and oxygen atoms in total. The number of nitrogens with zero attached hydrogens (tertiary/aromatic N) is 3. The number of carbonyl (C=O) groups is 1. The summed E-state index contributed by atoms with van der Waals surface area (Å²) in [5, 5.41) is 2.97. The molecule has 0 saturated carbocycles. The maximum absolute atomic E-state index is 12.3. The molecule has 0 saturated heterocycles. The van der Waals surface area contributed by atoms with E-state index >= 15 is 0 Å². The number of ether oxygens (including phenoxy) is 2. The van der Waals surface area contributed by atoms with Gasteiger partial charge in [0.05, 0.1) is 14.2 Å². The van der Waals surface area contributed by atoms with Crippen LogP contribution in [0.15, 0.2) is 6.33 Å². The maximum atomic E-state index is 12.3. The molecule has 100 valence electrons. The highest BCUT2D eigenvalue weighted by Crippen LogP contribution is 2.24. The van der Waals surface area contributed by atoms with Gasteiger partial charge in [0.25, 0.3) is 5.91 Å². The highest BCUT2D eigenvalue weighted by Gasteiger charge is 2.23. The molecule has 0 spiro atoms. The summed E-state index contributed by atoms with van der Waals surface area (Å²) in [5.41, 5.74) is 0.237. The molecule has 0 radical (unpaired) electrons. The van der Waals surface area contributed by atoms with Gasteiger partial charge in [0.1, 0.15) is 6.33 Å². The van der Waals surface area contributed by atoms with Crippen LogP contribution in [0.4, 0.5) is 0 Å². The average Bonchev–Trinajstić information content (AvgIpc) is 2.42. The number of hydrogen-bond donors (Lipinski definition) is 1. The van der Waals surface area contributed by atoms with Crippen LogP contribution in [0, 0.1) is 0 Å². The summed E-state index contributed by atoms with van der Waals surface area (Å²) in [4.78, 5) is 21.7. The van der Waals surface area contributed by atoms with Crippen LogP contribution in [0.25, 0.3) is 0 Å². The van der Waals surface area contributed by atoms with Gasteiger partial charge in [-0.25, -0.2) is 9.97 Å². The topological polar surface area (TPSA) is 76.6 Å². The van der Waals surface area contributed by atoms with E-state index in [0.717, 1.165) is 0 Å². The molecule has 18 heavy (non-hydrogen) atoms. The molecule has 1 aromatic rings. The Balaban J connectivity index is 3.02. The van der Waals surface area contributed by atoms with Crippen molar-refractivity contribution >= 4 is 5.91 Å². The summed E-state index contributed by atoms with van der Waals surface area (Å²) in [6.45, 7) is 1.26. The molecule has 0 bridgehead atoms. The monoisotopic (exact) mass is 254 g/mol. The van der Waals surface area contributed by atoms with Crippen LogP contribution < -0.4 is 14.8 Å². The number of rotatable bonds is 6. The van der Waals surface area contributed by atoms with Gasteiger partial charge in [0, 0.05) is 20.1 Å². The predicted octanol–water partition coefficient (Wildman–Crippen LogP) is -0.215. The summed E-state index contributed by atoms with van der Waals surface area (Å²) in [5.74, 6) is 0.186. The van der Waals surface area contributed by atoms with Crippen molar-refractivity contribution in [3.05, 3.63) is 11.9 Å². The van der Waals surface area contributed by atoms with Crippen LogP contribution in [-0.4, -0.2) is 62.2 Å². The van der Waals surface area contributed by atoms with E-state index in [9.17, 15) is 4.79 Å². The lowest BCUT2D eigenvalue weighted by Gasteiger charge is -2.18. The molecule has 1 aromatic heterocycles. The summed E-state index contributed by atoms with van der Waals surface area (Å²) in [6, 6.07) is 0. The third-order valence-electron chi connectivity index (χ3n) is 2.42. The maximum Gasteiger partial charge on any atom is 0.264 e. The number of hydrogen-bond acceptors (Lipinski definition) is 6. The van der Waals surface area contributed by atoms with Crippen LogP contribution in [-0.2, 0) is 0 Å². The first-order chi connectivity index (χ1) is 8.65. The molecular weight excluding hydrogens is 236 g/mol. The van der Waals surface area contributed by atoms with Crippen molar-refractivity contribution in [2.45, 2.75) is 0 Å². The summed E-state index contributed by atoms with van der Waals surface area (Å²) in [7, 11) is 6.43. The molecule has 0 aliphatic rings. The SMILES string of the molecule is CNCCN(C)C(=O)c1c(OC)ncnc1OC. The number of methoxy groups -OCH3 is 2. The van der Waals surface area contributed by atoms with Gasteiger partial charge in [-0.2, -0.15) is 0 Å². The van der Waals surface area contributed by atoms with E-state index in [2.05, 4.69) is 15.3 Å². The number of nitrogens with one attached hydrogen (secondary N) is 1. The second kappa shape index (κ2) is 6.75. The van der Waals surface area contributed by atoms with Gasteiger partial charge in [-0.05, 0) is 7.05 Å². The fraction of sp³-hybridized carbons (Fsp3) is 0.545. The molecule has 7 heteroatoms. The molecule has 1 rings (SSSR count). The largest absolute Gasteiger partial charge is 0.480 e. The van der Waals surface area contributed by atoms with Gasteiger partial charge in [-0.1, -0.05) is 0 Å². The van der Waals surface area contributed by atoms with E-state index < -0.39 is 0 Å². The fourth-order valence-corrected chi connectivity index (χ4v) is 1.42. The molecule has 0 aliphatic heterocycles. The van der Waals surface area contributed by atoms with Crippen molar-refractivity contribution < 1.29 is 14.3 Å². The number of amides is 1. The van der Waals surface area contributed by atoms with Gasteiger partial charge in [-0.15, -0.1) is 0 Å². The number of aromatic nitrogens is 2. The Morgan fingerprint density at radius 1 is 1.33 bits per heavy atom. The Morgan fingerprint density at radius 2 is 1.89 bits per heavy atom. The Hall–Kier alpha value is -1.89. The average molecular weight is 254 g/mol. The van der Waals surface area contributed by atoms with E-state index in [4.69, 9.17) is 9.47 Å². The van der Waals surface area contributed by atoms with Crippen LogP contribution in [0.2, 0.25) is 0 Å². The molecule has 0 aliphatic carbocycles. The first-order valence-corrected chi connectivity index (χ1v) is 5.48. The zero-order valence-corrected chi connectivity index (χ0v) is 11.1. The Kier molecular flexibility index (Phi) is 5.31. The van der Waals surface area contributed by atoms with Crippen molar-refractivity contribution in [3.8, 4) is 11.8 Å². The summed E-state index contributed by atoms with van der Waals surface area (Å²) >= 11 is 0. The Bertz CT molecular complexity index is 389. The van der Waals surface area contributed by atoms with E-state index in [1.165, 1.54) is 20.5 Å². The predicted molar refractivity (Wildman–Crippen MR) is 66.0 cm³/mol. The molecule has 1 N–H and O–H groups in total.